The summed E-state index contributed by atoms with van der Waals surface area (Å²) in [5.74, 6) is -0.621. The molecule has 1 heterocycles. The number of hydrogen-bond donors (Lipinski definition) is 2. The second-order valence-electron chi connectivity index (χ2n) is 5.75. The Balaban J connectivity index is 1.87. The molecule has 0 saturated carbocycles. The zero-order chi connectivity index (χ0) is 18.0. The first-order valence-corrected chi connectivity index (χ1v) is 10.0. The van der Waals surface area contributed by atoms with Crippen LogP contribution in [0.5, 0.6) is 5.75 Å². The van der Waals surface area contributed by atoms with Gasteiger partial charge in [-0.2, -0.15) is 4.31 Å². The summed E-state index contributed by atoms with van der Waals surface area (Å²) in [6.45, 7) is 0.980. The zero-order valence-electron chi connectivity index (χ0n) is 13.3. The number of anilines is 1. The van der Waals surface area contributed by atoms with Crippen molar-refractivity contribution >= 4 is 37.5 Å². The van der Waals surface area contributed by atoms with Crippen molar-refractivity contribution in [2.75, 3.05) is 18.4 Å². The monoisotopic (exact) mass is 424 g/mol. The molecule has 1 saturated heterocycles. The van der Waals surface area contributed by atoms with Crippen molar-refractivity contribution in [1.82, 2.24) is 4.31 Å². The Morgan fingerprint density at radius 2 is 1.72 bits per heavy atom. The highest BCUT2D eigenvalue weighted by Crippen LogP contribution is 2.29. The van der Waals surface area contributed by atoms with Gasteiger partial charge in [0, 0.05) is 23.1 Å². The minimum Gasteiger partial charge on any atom is -0.506 e. The standard InChI is InChI=1S/C17H17BrN2O4S/c18-13-5-3-12(4-6-13)17(22)19-15-11-14(7-8-16(15)21)25(23,24)20-9-1-2-10-20/h3-8,11,21H,1-2,9-10H2,(H,19,22). The number of carbonyl (C=O) groups excluding carboxylic acids is 1. The average Bonchev–Trinajstić information content (AvgIpc) is 3.12. The van der Waals surface area contributed by atoms with Gasteiger partial charge >= 0.3 is 0 Å². The molecule has 1 aliphatic rings. The number of nitrogens with zero attached hydrogens (tertiary/aromatic N) is 1. The number of benzene rings is 2. The van der Waals surface area contributed by atoms with E-state index in [1.807, 2.05) is 0 Å². The van der Waals surface area contributed by atoms with Gasteiger partial charge < -0.3 is 10.4 Å². The van der Waals surface area contributed by atoms with Crippen LogP contribution >= 0.6 is 15.9 Å². The van der Waals surface area contributed by atoms with E-state index in [4.69, 9.17) is 0 Å². The molecule has 0 atom stereocenters. The molecule has 1 fully saturated rings. The lowest BCUT2D eigenvalue weighted by Gasteiger charge is -2.16. The molecular weight excluding hydrogens is 408 g/mol. The fourth-order valence-electron chi connectivity index (χ4n) is 2.65. The van der Waals surface area contributed by atoms with Crippen molar-refractivity contribution in [3.8, 4) is 5.75 Å². The number of amides is 1. The van der Waals surface area contributed by atoms with Gasteiger partial charge in [-0.1, -0.05) is 15.9 Å². The van der Waals surface area contributed by atoms with Gasteiger partial charge in [-0.15, -0.1) is 0 Å². The van der Waals surface area contributed by atoms with E-state index < -0.39 is 15.9 Å². The van der Waals surface area contributed by atoms with Crippen molar-refractivity contribution in [2.45, 2.75) is 17.7 Å². The first-order chi connectivity index (χ1) is 11.9. The summed E-state index contributed by atoms with van der Waals surface area (Å²) in [6.07, 6.45) is 1.68. The van der Waals surface area contributed by atoms with Gasteiger partial charge in [0.1, 0.15) is 5.75 Å². The molecule has 25 heavy (non-hydrogen) atoms. The largest absolute Gasteiger partial charge is 0.506 e. The van der Waals surface area contributed by atoms with E-state index in [1.165, 1.54) is 22.5 Å². The highest BCUT2D eigenvalue weighted by atomic mass is 79.9. The molecule has 8 heteroatoms. The summed E-state index contributed by atoms with van der Waals surface area (Å²) in [5, 5.41) is 12.5. The SMILES string of the molecule is O=C(Nc1cc(S(=O)(=O)N2CCCC2)ccc1O)c1ccc(Br)cc1. The summed E-state index contributed by atoms with van der Waals surface area (Å²) >= 11 is 3.29. The lowest BCUT2D eigenvalue weighted by molar-refractivity contribution is 0.102. The van der Waals surface area contributed by atoms with Gasteiger partial charge in [-0.25, -0.2) is 8.42 Å². The Kier molecular flexibility index (Phi) is 5.12. The molecule has 0 unspecified atom stereocenters. The van der Waals surface area contributed by atoms with Crippen LogP contribution in [0.1, 0.15) is 23.2 Å². The fraction of sp³-hybridized carbons (Fsp3) is 0.235. The number of rotatable bonds is 4. The number of nitrogens with one attached hydrogen (secondary N) is 1. The van der Waals surface area contributed by atoms with Crippen molar-refractivity contribution in [3.63, 3.8) is 0 Å². The van der Waals surface area contributed by atoms with Crippen molar-refractivity contribution in [2.24, 2.45) is 0 Å². The number of phenolic OH excluding ortho intramolecular Hbond substituents is 1. The minimum absolute atomic E-state index is 0.0540. The van der Waals surface area contributed by atoms with E-state index in [0.717, 1.165) is 17.3 Å². The first kappa shape index (κ1) is 17.9. The van der Waals surface area contributed by atoms with E-state index in [1.54, 1.807) is 24.3 Å². The highest BCUT2D eigenvalue weighted by Gasteiger charge is 2.27. The second-order valence-corrected chi connectivity index (χ2v) is 8.60. The van der Waals surface area contributed by atoms with E-state index >= 15 is 0 Å². The number of halogens is 1. The summed E-state index contributed by atoms with van der Waals surface area (Å²) in [5.41, 5.74) is 0.462. The van der Waals surface area contributed by atoms with E-state index in [0.29, 0.717) is 18.7 Å². The van der Waals surface area contributed by atoms with Crippen molar-refractivity contribution in [1.29, 1.82) is 0 Å². The topological polar surface area (TPSA) is 86.7 Å². The molecule has 0 spiro atoms. The molecule has 132 valence electrons. The van der Waals surface area contributed by atoms with E-state index in [-0.39, 0.29) is 16.3 Å². The third kappa shape index (κ3) is 3.86. The third-order valence-electron chi connectivity index (χ3n) is 4.03. The summed E-state index contributed by atoms with van der Waals surface area (Å²) in [4.78, 5) is 12.4. The smallest absolute Gasteiger partial charge is 0.255 e. The van der Waals surface area contributed by atoms with Gasteiger partial charge in [0.25, 0.3) is 5.91 Å². The van der Waals surface area contributed by atoms with Gasteiger partial charge in [-0.3, -0.25) is 4.79 Å². The molecule has 2 aromatic carbocycles. The fourth-order valence-corrected chi connectivity index (χ4v) is 4.46. The molecule has 0 bridgehead atoms. The number of sulfonamides is 1. The van der Waals surface area contributed by atoms with Crippen LogP contribution in [0.2, 0.25) is 0 Å². The molecule has 0 radical (unpaired) electrons. The zero-order valence-corrected chi connectivity index (χ0v) is 15.7. The van der Waals surface area contributed by atoms with Gasteiger partial charge in [0.15, 0.2) is 0 Å². The Labute approximate surface area is 154 Å². The number of carbonyl (C=O) groups is 1. The molecule has 0 aromatic heterocycles. The third-order valence-corrected chi connectivity index (χ3v) is 6.45. The van der Waals surface area contributed by atoms with Crippen LogP contribution in [0, 0.1) is 0 Å². The van der Waals surface area contributed by atoms with Crippen molar-refractivity contribution < 1.29 is 18.3 Å². The number of hydrogen-bond acceptors (Lipinski definition) is 4. The number of aromatic hydroxyl groups is 1. The van der Waals surface area contributed by atoms with Crippen LogP contribution in [-0.4, -0.2) is 36.8 Å². The molecule has 1 aliphatic heterocycles. The van der Waals surface area contributed by atoms with Crippen LogP contribution in [-0.2, 0) is 10.0 Å². The molecule has 0 aliphatic carbocycles. The number of phenols is 1. The van der Waals surface area contributed by atoms with Gasteiger partial charge in [0.2, 0.25) is 10.0 Å². The maximum atomic E-state index is 12.6. The van der Waals surface area contributed by atoms with E-state index in [2.05, 4.69) is 21.2 Å². The molecule has 1 amide bonds. The Hall–Kier alpha value is -1.90. The van der Waals surface area contributed by atoms with Crippen molar-refractivity contribution in [3.05, 3.63) is 52.5 Å². The van der Waals surface area contributed by atoms with Crippen LogP contribution < -0.4 is 5.32 Å². The van der Waals surface area contributed by atoms with Gasteiger partial charge in [0.05, 0.1) is 10.6 Å². The molecule has 2 N–H and O–H groups in total. The lowest BCUT2D eigenvalue weighted by atomic mass is 10.2. The first-order valence-electron chi connectivity index (χ1n) is 7.78. The normalized spacial score (nSPS) is 15.2. The van der Waals surface area contributed by atoms with Crippen LogP contribution in [0.4, 0.5) is 5.69 Å². The summed E-state index contributed by atoms with van der Waals surface area (Å²) < 4.78 is 27.5. The van der Waals surface area contributed by atoms with Crippen LogP contribution in [0.3, 0.4) is 0 Å². The van der Waals surface area contributed by atoms with Crippen LogP contribution in [0.15, 0.2) is 51.8 Å². The van der Waals surface area contributed by atoms with Crippen LogP contribution in [0.25, 0.3) is 0 Å². The summed E-state index contributed by atoms with van der Waals surface area (Å²) in [6, 6.07) is 10.6. The summed E-state index contributed by atoms with van der Waals surface area (Å²) in [7, 11) is -3.62. The molecule has 2 aromatic rings. The Morgan fingerprint density at radius 3 is 2.36 bits per heavy atom. The maximum Gasteiger partial charge on any atom is 0.255 e. The minimum atomic E-state index is -3.62. The molecule has 6 nitrogen and oxygen atoms in total. The van der Waals surface area contributed by atoms with Gasteiger partial charge in [-0.05, 0) is 55.3 Å². The maximum absolute atomic E-state index is 12.6. The Morgan fingerprint density at radius 1 is 1.08 bits per heavy atom. The predicted octanol–water partition coefficient (Wildman–Crippen LogP) is 3.19. The lowest BCUT2D eigenvalue weighted by Crippen LogP contribution is -2.28. The highest BCUT2D eigenvalue weighted by molar-refractivity contribution is 9.10. The molecule has 3 rings (SSSR count). The average molecular weight is 425 g/mol. The quantitative estimate of drug-likeness (QED) is 0.737. The Bertz CT molecular complexity index is 891. The molecular formula is C17H17BrN2O4S. The second kappa shape index (κ2) is 7.15. The van der Waals surface area contributed by atoms with E-state index in [9.17, 15) is 18.3 Å². The predicted molar refractivity (Wildman–Crippen MR) is 98.2 cm³/mol.